The third-order valence-electron chi connectivity index (χ3n) is 10.9. The van der Waals surface area contributed by atoms with Crippen LogP contribution in [0.3, 0.4) is 0 Å². The van der Waals surface area contributed by atoms with E-state index in [1.54, 1.807) is 66.8 Å². The second kappa shape index (κ2) is 9.26. The largest absolute Gasteiger partial charge is 0.248 e. The molecule has 0 radical (unpaired) electrons. The lowest BCUT2D eigenvalue weighted by Gasteiger charge is -2.28. The molecule has 0 aromatic carbocycles. The molecule has 8 rings (SSSR count). The van der Waals surface area contributed by atoms with Crippen molar-refractivity contribution in [2.24, 2.45) is 11.8 Å². The van der Waals surface area contributed by atoms with Crippen LogP contribution >= 0.6 is 0 Å². The fraction of sp³-hybridized carbons (Fsp3) is 0.474. The molecule has 0 spiro atoms. The molecule has 6 heterocycles. The van der Waals surface area contributed by atoms with E-state index in [1.807, 2.05) is 0 Å². The van der Waals surface area contributed by atoms with Gasteiger partial charge >= 0.3 is 0 Å². The van der Waals surface area contributed by atoms with E-state index in [-0.39, 0.29) is 0 Å². The average molecular weight is 531 g/mol. The predicted molar refractivity (Wildman–Crippen MR) is 170 cm³/mol. The van der Waals surface area contributed by atoms with Gasteiger partial charge in [-0.1, -0.05) is 55.4 Å². The average Bonchev–Trinajstić information content (AvgIpc) is 3.66. The number of hydrogen-bond donors (Lipinski definition) is 0. The normalized spacial score (nSPS) is 25.1. The Labute approximate surface area is 240 Å². The lowest BCUT2D eigenvalue weighted by Crippen LogP contribution is -2.45. The molecule has 0 saturated carbocycles. The van der Waals surface area contributed by atoms with Crippen molar-refractivity contribution in [2.75, 3.05) is 0 Å². The first-order valence-electron chi connectivity index (χ1n) is 16.4. The topological polar surface area (TPSA) is 9.86 Å². The highest BCUT2D eigenvalue weighted by Crippen LogP contribution is 2.55. The Hall–Kier alpha value is -3.00. The summed E-state index contributed by atoms with van der Waals surface area (Å²) in [7, 11) is 0. The van der Waals surface area contributed by atoms with Gasteiger partial charge in [0.05, 0.1) is 21.4 Å². The second-order valence-electron chi connectivity index (χ2n) is 12.2. The Morgan fingerprint density at radius 2 is 0.600 bits per heavy atom. The smallest absolute Gasteiger partial charge is 0.0675 e. The van der Waals surface area contributed by atoms with Crippen LogP contribution in [0.15, 0.2) is 44.6 Å². The zero-order valence-electron chi connectivity index (χ0n) is 26.0. The molecule has 2 nitrogen and oxygen atoms in total. The zero-order chi connectivity index (χ0) is 28.0. The van der Waals surface area contributed by atoms with Gasteiger partial charge in [-0.2, -0.15) is 0 Å². The molecule has 2 aromatic rings. The highest BCUT2D eigenvalue weighted by molar-refractivity contribution is 5.80. The van der Waals surface area contributed by atoms with Gasteiger partial charge in [0.1, 0.15) is 0 Å². The molecule has 4 aliphatic heterocycles. The van der Waals surface area contributed by atoms with Crippen LogP contribution in [0.1, 0.15) is 103 Å². The van der Waals surface area contributed by atoms with Crippen LogP contribution in [0, 0.1) is 11.8 Å². The Balaban J connectivity index is 1.91. The summed E-state index contributed by atoms with van der Waals surface area (Å²) in [5.41, 5.74) is 19.1. The highest BCUT2D eigenvalue weighted by Gasteiger charge is 2.44. The van der Waals surface area contributed by atoms with Gasteiger partial charge in [0, 0.05) is 11.8 Å². The van der Waals surface area contributed by atoms with Crippen LogP contribution in [-0.2, 0) is 25.7 Å². The second-order valence-corrected chi connectivity index (χ2v) is 12.2. The van der Waals surface area contributed by atoms with Crippen LogP contribution in [0.25, 0.3) is 24.3 Å². The van der Waals surface area contributed by atoms with E-state index in [1.165, 1.54) is 21.4 Å². The summed E-state index contributed by atoms with van der Waals surface area (Å²) in [6.07, 6.45) is 19.4. The van der Waals surface area contributed by atoms with Gasteiger partial charge in [0.2, 0.25) is 0 Å². The number of nitrogens with zero attached hydrogens (tertiary/aromatic N) is 2. The van der Waals surface area contributed by atoms with Gasteiger partial charge < -0.3 is 0 Å². The van der Waals surface area contributed by atoms with Crippen molar-refractivity contribution in [3.05, 3.63) is 88.2 Å². The molecule has 0 N–H and O–H groups in total. The standard InChI is InChI=1S/C38H46N2/c1-9-21-22(10-2)30-18-34-27(15-7)28(16-8)36-20-32-24(12-4)23(11-3)31-19-35-26(14-6)25(13-5)33(39(35)40(34)36)17-29(21)37(30)38(31)32/h17-20,37-38H,9-16H2,1-8H3/b29-17?,30-18?,31-19?,32-20?,33-17-,34-18+,35-19+,36-20-. The zero-order valence-corrected chi connectivity index (χ0v) is 26.0. The molecular weight excluding hydrogens is 484 g/mol. The minimum atomic E-state index is 0.390. The predicted octanol–water partition coefficient (Wildman–Crippen LogP) is 6.10. The Morgan fingerprint density at radius 3 is 0.775 bits per heavy atom. The van der Waals surface area contributed by atoms with E-state index in [4.69, 9.17) is 0 Å². The third kappa shape index (κ3) is 2.96. The van der Waals surface area contributed by atoms with Crippen LogP contribution in [-0.4, -0.2) is 9.35 Å². The van der Waals surface area contributed by atoms with Crippen LogP contribution in [0.2, 0.25) is 0 Å². The molecule has 0 amide bonds. The maximum absolute atomic E-state index is 2.67. The molecule has 12 bridgehead atoms. The van der Waals surface area contributed by atoms with E-state index in [9.17, 15) is 0 Å². The Bertz CT molecular complexity index is 1600. The maximum atomic E-state index is 2.67. The molecule has 2 aliphatic carbocycles. The van der Waals surface area contributed by atoms with Crippen LogP contribution in [0.5, 0.6) is 0 Å². The Kier molecular flexibility index (Phi) is 6.01. The van der Waals surface area contributed by atoms with Crippen LogP contribution < -0.4 is 21.4 Å². The number of hydrogen-bond acceptors (Lipinski definition) is 0. The fourth-order valence-corrected chi connectivity index (χ4v) is 9.46. The lowest BCUT2D eigenvalue weighted by molar-refractivity contribution is 0.590. The van der Waals surface area contributed by atoms with E-state index < -0.39 is 0 Å². The molecule has 40 heavy (non-hydrogen) atoms. The summed E-state index contributed by atoms with van der Waals surface area (Å²) in [5.74, 6) is 0.780. The molecule has 208 valence electrons. The maximum Gasteiger partial charge on any atom is 0.0675 e. The van der Waals surface area contributed by atoms with E-state index in [2.05, 4.69) is 89.0 Å². The fourth-order valence-electron chi connectivity index (χ4n) is 9.46. The monoisotopic (exact) mass is 530 g/mol. The number of allylic oxidation sites excluding steroid dienone is 8. The minimum absolute atomic E-state index is 0.390. The summed E-state index contributed by atoms with van der Waals surface area (Å²) < 4.78 is 5.35. The highest BCUT2D eigenvalue weighted by atomic mass is 15.5. The van der Waals surface area contributed by atoms with Crippen molar-refractivity contribution in [3.63, 3.8) is 0 Å². The van der Waals surface area contributed by atoms with Gasteiger partial charge in [-0.25, -0.2) is 9.35 Å². The minimum Gasteiger partial charge on any atom is -0.248 e. The number of rotatable bonds is 8. The molecule has 2 aromatic heterocycles. The van der Waals surface area contributed by atoms with Gasteiger partial charge in [0.15, 0.2) is 0 Å². The van der Waals surface area contributed by atoms with E-state index in [0.29, 0.717) is 11.8 Å². The van der Waals surface area contributed by atoms with Crippen molar-refractivity contribution in [2.45, 2.75) is 107 Å². The molecule has 0 fully saturated rings. The summed E-state index contributed by atoms with van der Waals surface area (Å²) in [6, 6.07) is 0. The third-order valence-corrected chi connectivity index (χ3v) is 10.9. The molecule has 2 atom stereocenters. The molecule has 0 saturated heterocycles. The summed E-state index contributed by atoms with van der Waals surface area (Å²) in [6.45, 7) is 19.0. The van der Waals surface area contributed by atoms with Crippen LogP contribution in [0.4, 0.5) is 0 Å². The van der Waals surface area contributed by atoms with Crippen molar-refractivity contribution in [3.8, 4) is 0 Å². The first-order valence-corrected chi connectivity index (χ1v) is 16.4. The van der Waals surface area contributed by atoms with Gasteiger partial charge in [-0.3, -0.25) is 0 Å². The molecule has 2 unspecified atom stereocenters. The first-order chi connectivity index (χ1) is 19.5. The van der Waals surface area contributed by atoms with Gasteiger partial charge in [-0.15, -0.1) is 0 Å². The van der Waals surface area contributed by atoms with Crippen molar-refractivity contribution in [1.29, 1.82) is 0 Å². The summed E-state index contributed by atoms with van der Waals surface area (Å²) >= 11 is 0. The quantitative estimate of drug-likeness (QED) is 0.390. The molecule has 6 aliphatic rings. The van der Waals surface area contributed by atoms with E-state index in [0.717, 1.165) is 51.4 Å². The van der Waals surface area contributed by atoms with E-state index >= 15 is 0 Å². The van der Waals surface area contributed by atoms with Crippen molar-refractivity contribution in [1.82, 2.24) is 9.35 Å². The van der Waals surface area contributed by atoms with Crippen molar-refractivity contribution >= 4 is 24.3 Å². The SMILES string of the molecule is CCC1=C2/C=c3/c(CC)c(CC)/c4n3-n3/c5c(CC)c(CC)/c3=C\C(=C1CC)C2C1C(=C(CC)C(CC)=C1/C=4)/C=5. The van der Waals surface area contributed by atoms with Gasteiger partial charge in [-0.05, 0) is 143 Å². The number of aromatic nitrogens is 2. The van der Waals surface area contributed by atoms with Gasteiger partial charge in [0.25, 0.3) is 0 Å². The summed E-state index contributed by atoms with van der Waals surface area (Å²) in [4.78, 5) is 0. The molecular formula is C38H46N2. The lowest BCUT2D eigenvalue weighted by atomic mass is 9.74. The van der Waals surface area contributed by atoms with Crippen molar-refractivity contribution < 1.29 is 0 Å². The molecule has 2 heteroatoms. The Morgan fingerprint density at radius 1 is 0.375 bits per heavy atom. The summed E-state index contributed by atoms with van der Waals surface area (Å²) in [5, 5.41) is 5.73. The first kappa shape index (κ1) is 25.9.